The molecule has 1 heterocycles. The molecule has 5 heteroatoms. The summed E-state index contributed by atoms with van der Waals surface area (Å²) in [7, 11) is 0. The summed E-state index contributed by atoms with van der Waals surface area (Å²) in [5, 5.41) is 5.83. The Labute approximate surface area is 114 Å². The van der Waals surface area contributed by atoms with Crippen LogP contribution in [0, 0.1) is 6.92 Å². The quantitative estimate of drug-likeness (QED) is 0.869. The maximum absolute atomic E-state index is 11.6. The highest BCUT2D eigenvalue weighted by Gasteiger charge is 2.01. The molecular formula is C13H11ClN2OS. The van der Waals surface area contributed by atoms with Gasteiger partial charge in [-0.05, 0) is 30.7 Å². The zero-order valence-electron chi connectivity index (χ0n) is 9.68. The molecule has 1 aromatic heterocycles. The van der Waals surface area contributed by atoms with Crippen molar-refractivity contribution in [3.63, 3.8) is 0 Å². The molecular weight excluding hydrogens is 268 g/mol. The SMILES string of the molecule is Cc1csc(NC(=O)C=Cc2cccc(Cl)c2)n1. The van der Waals surface area contributed by atoms with E-state index >= 15 is 0 Å². The summed E-state index contributed by atoms with van der Waals surface area (Å²) >= 11 is 7.25. The molecule has 3 nitrogen and oxygen atoms in total. The van der Waals surface area contributed by atoms with E-state index in [-0.39, 0.29) is 5.91 Å². The largest absolute Gasteiger partial charge is 0.298 e. The van der Waals surface area contributed by atoms with Gasteiger partial charge in [-0.3, -0.25) is 10.1 Å². The van der Waals surface area contributed by atoms with Gasteiger partial charge in [-0.2, -0.15) is 0 Å². The number of hydrogen-bond donors (Lipinski definition) is 1. The van der Waals surface area contributed by atoms with Crippen LogP contribution in [0.2, 0.25) is 5.02 Å². The second-order valence-corrected chi connectivity index (χ2v) is 4.97. The van der Waals surface area contributed by atoms with Gasteiger partial charge in [0.15, 0.2) is 5.13 Å². The van der Waals surface area contributed by atoms with Crippen molar-refractivity contribution in [1.29, 1.82) is 0 Å². The Bertz CT molecular complexity index is 592. The lowest BCUT2D eigenvalue weighted by molar-refractivity contribution is -0.111. The maximum Gasteiger partial charge on any atom is 0.250 e. The first-order valence-electron chi connectivity index (χ1n) is 5.30. The number of carbonyl (C=O) groups excluding carboxylic acids is 1. The van der Waals surface area contributed by atoms with E-state index in [0.717, 1.165) is 11.3 Å². The highest BCUT2D eigenvalue weighted by molar-refractivity contribution is 7.13. The van der Waals surface area contributed by atoms with Gasteiger partial charge in [-0.25, -0.2) is 4.98 Å². The minimum absolute atomic E-state index is 0.204. The second-order valence-electron chi connectivity index (χ2n) is 3.67. The fourth-order valence-electron chi connectivity index (χ4n) is 1.34. The Morgan fingerprint density at radius 2 is 2.33 bits per heavy atom. The van der Waals surface area contributed by atoms with Crippen LogP contribution in [0.5, 0.6) is 0 Å². The van der Waals surface area contributed by atoms with Crippen molar-refractivity contribution in [2.45, 2.75) is 6.92 Å². The Balaban J connectivity index is 1.99. The molecule has 1 N–H and O–H groups in total. The summed E-state index contributed by atoms with van der Waals surface area (Å²) in [6, 6.07) is 7.30. The number of nitrogens with zero attached hydrogens (tertiary/aromatic N) is 1. The highest BCUT2D eigenvalue weighted by Crippen LogP contribution is 2.15. The topological polar surface area (TPSA) is 42.0 Å². The van der Waals surface area contributed by atoms with Crippen molar-refractivity contribution >= 4 is 40.1 Å². The van der Waals surface area contributed by atoms with E-state index in [0.29, 0.717) is 10.2 Å². The van der Waals surface area contributed by atoms with E-state index in [4.69, 9.17) is 11.6 Å². The summed E-state index contributed by atoms with van der Waals surface area (Å²) in [5.74, 6) is -0.204. The van der Waals surface area contributed by atoms with Gasteiger partial charge < -0.3 is 0 Å². The lowest BCUT2D eigenvalue weighted by Gasteiger charge is -1.96. The molecule has 1 amide bonds. The maximum atomic E-state index is 11.6. The van der Waals surface area contributed by atoms with Crippen LogP contribution >= 0.6 is 22.9 Å². The van der Waals surface area contributed by atoms with Gasteiger partial charge in [0.25, 0.3) is 0 Å². The molecule has 18 heavy (non-hydrogen) atoms. The molecule has 2 aromatic rings. The second kappa shape index (κ2) is 5.80. The monoisotopic (exact) mass is 278 g/mol. The molecule has 1 aromatic carbocycles. The van der Waals surface area contributed by atoms with Crippen LogP contribution in [-0.4, -0.2) is 10.9 Å². The van der Waals surface area contributed by atoms with Gasteiger partial charge in [-0.1, -0.05) is 23.7 Å². The third kappa shape index (κ3) is 3.68. The molecule has 0 spiro atoms. The molecule has 0 atom stereocenters. The van der Waals surface area contributed by atoms with Crippen LogP contribution in [0.3, 0.4) is 0 Å². The van der Waals surface area contributed by atoms with Crippen LogP contribution < -0.4 is 5.32 Å². The van der Waals surface area contributed by atoms with Gasteiger partial charge in [0.2, 0.25) is 5.91 Å². The fraction of sp³-hybridized carbons (Fsp3) is 0.0769. The van der Waals surface area contributed by atoms with Gasteiger partial charge >= 0.3 is 0 Å². The number of anilines is 1. The van der Waals surface area contributed by atoms with Crippen LogP contribution in [0.15, 0.2) is 35.7 Å². The number of benzene rings is 1. The average Bonchev–Trinajstić information content (AvgIpc) is 2.72. The lowest BCUT2D eigenvalue weighted by atomic mass is 10.2. The number of aromatic nitrogens is 1. The van der Waals surface area contributed by atoms with Crippen molar-refractivity contribution in [3.8, 4) is 0 Å². The lowest BCUT2D eigenvalue weighted by Crippen LogP contribution is -2.07. The molecule has 0 saturated heterocycles. The number of rotatable bonds is 3. The molecule has 0 bridgehead atoms. The zero-order chi connectivity index (χ0) is 13.0. The van der Waals surface area contributed by atoms with E-state index in [1.807, 2.05) is 24.4 Å². The third-order valence-corrected chi connectivity index (χ3v) is 3.24. The van der Waals surface area contributed by atoms with Crippen molar-refractivity contribution in [1.82, 2.24) is 4.98 Å². The standard InChI is InChI=1S/C13H11ClN2OS/c1-9-8-18-13(15-9)16-12(17)6-5-10-3-2-4-11(14)7-10/h2-8H,1H3,(H,15,16,17). The molecule has 92 valence electrons. The molecule has 0 fully saturated rings. The molecule has 0 radical (unpaired) electrons. The molecule has 0 aliphatic heterocycles. The molecule has 0 aliphatic rings. The molecule has 0 unspecified atom stereocenters. The van der Waals surface area contributed by atoms with Crippen LogP contribution in [0.1, 0.15) is 11.3 Å². The first kappa shape index (κ1) is 12.8. The number of thiazole rings is 1. The minimum Gasteiger partial charge on any atom is -0.298 e. The van der Waals surface area contributed by atoms with Gasteiger partial charge in [0.1, 0.15) is 0 Å². The molecule has 0 saturated carbocycles. The van der Waals surface area contributed by atoms with Crippen molar-refractivity contribution < 1.29 is 4.79 Å². The third-order valence-electron chi connectivity index (χ3n) is 2.12. The van der Waals surface area contributed by atoms with Gasteiger partial charge in [0.05, 0.1) is 5.69 Å². The summed E-state index contributed by atoms with van der Waals surface area (Å²) in [5.41, 5.74) is 1.78. The number of hydrogen-bond acceptors (Lipinski definition) is 3. The van der Waals surface area contributed by atoms with Crippen LogP contribution in [0.25, 0.3) is 6.08 Å². The Morgan fingerprint density at radius 3 is 3.00 bits per heavy atom. The fourth-order valence-corrected chi connectivity index (χ4v) is 2.23. The predicted octanol–water partition coefficient (Wildman–Crippen LogP) is 3.76. The zero-order valence-corrected chi connectivity index (χ0v) is 11.3. The number of nitrogens with one attached hydrogen (secondary N) is 1. The van der Waals surface area contributed by atoms with Gasteiger partial charge in [-0.15, -0.1) is 11.3 Å². The minimum atomic E-state index is -0.204. The van der Waals surface area contributed by atoms with E-state index in [9.17, 15) is 4.79 Å². The summed E-state index contributed by atoms with van der Waals surface area (Å²) in [6.45, 7) is 1.88. The Morgan fingerprint density at radius 1 is 1.50 bits per heavy atom. The summed E-state index contributed by atoms with van der Waals surface area (Å²) < 4.78 is 0. The van der Waals surface area contributed by atoms with Crippen molar-refractivity contribution in [3.05, 3.63) is 52.0 Å². The van der Waals surface area contributed by atoms with Crippen molar-refractivity contribution in [2.24, 2.45) is 0 Å². The number of aryl methyl sites for hydroxylation is 1. The Hall–Kier alpha value is -1.65. The summed E-state index contributed by atoms with van der Waals surface area (Å²) in [6.07, 6.45) is 3.17. The van der Waals surface area contributed by atoms with Crippen molar-refractivity contribution in [2.75, 3.05) is 5.32 Å². The highest BCUT2D eigenvalue weighted by atomic mass is 35.5. The summed E-state index contributed by atoms with van der Waals surface area (Å²) in [4.78, 5) is 15.8. The number of amides is 1. The Kier molecular flexibility index (Phi) is 4.12. The van der Waals surface area contributed by atoms with E-state index in [1.54, 1.807) is 18.2 Å². The molecule has 2 rings (SSSR count). The first-order valence-corrected chi connectivity index (χ1v) is 6.56. The van der Waals surface area contributed by atoms with Gasteiger partial charge in [0, 0.05) is 16.5 Å². The van der Waals surface area contributed by atoms with E-state index in [2.05, 4.69) is 10.3 Å². The van der Waals surface area contributed by atoms with Crippen LogP contribution in [0.4, 0.5) is 5.13 Å². The normalized spacial score (nSPS) is 10.8. The predicted molar refractivity (Wildman–Crippen MR) is 76.0 cm³/mol. The molecule has 0 aliphatic carbocycles. The van der Waals surface area contributed by atoms with E-state index < -0.39 is 0 Å². The smallest absolute Gasteiger partial charge is 0.250 e. The number of halogens is 1. The van der Waals surface area contributed by atoms with E-state index in [1.165, 1.54) is 17.4 Å². The number of carbonyl (C=O) groups is 1. The van der Waals surface area contributed by atoms with Crippen LogP contribution in [-0.2, 0) is 4.79 Å². The first-order chi connectivity index (χ1) is 8.63. The average molecular weight is 279 g/mol.